The molecular weight excluding hydrogens is 429 g/mol. The van der Waals surface area contributed by atoms with Gasteiger partial charge in [-0.3, -0.25) is 4.79 Å². The van der Waals surface area contributed by atoms with Crippen LogP contribution in [0.25, 0.3) is 16.9 Å². The van der Waals surface area contributed by atoms with E-state index in [0.717, 1.165) is 22.8 Å². The van der Waals surface area contributed by atoms with Gasteiger partial charge in [-0.1, -0.05) is 29.8 Å². The quantitative estimate of drug-likeness (QED) is 0.381. The maximum atomic E-state index is 13.9. The summed E-state index contributed by atoms with van der Waals surface area (Å²) in [5.74, 6) is 0.261. The van der Waals surface area contributed by atoms with Gasteiger partial charge in [0.05, 0.1) is 24.2 Å². The Morgan fingerprint density at radius 2 is 1.84 bits per heavy atom. The van der Waals surface area contributed by atoms with Gasteiger partial charge in [0.2, 0.25) is 5.91 Å². The number of aryl methyl sites for hydroxylation is 1. The van der Waals surface area contributed by atoms with E-state index < -0.39 is 0 Å². The highest BCUT2D eigenvalue weighted by Gasteiger charge is 2.14. The van der Waals surface area contributed by atoms with Gasteiger partial charge in [-0.05, 0) is 60.7 Å². The van der Waals surface area contributed by atoms with Crippen molar-refractivity contribution >= 4 is 23.2 Å². The van der Waals surface area contributed by atoms with Crippen LogP contribution in [0.4, 0.5) is 10.1 Å². The molecule has 0 saturated heterocycles. The molecule has 0 unspecified atom stereocenters. The average molecular weight is 450 g/mol. The van der Waals surface area contributed by atoms with Crippen molar-refractivity contribution in [2.24, 2.45) is 0 Å². The highest BCUT2D eigenvalue weighted by Crippen LogP contribution is 2.26. The molecule has 0 radical (unpaired) electrons. The molecule has 4 rings (SSSR count). The standard InChI is InChI=1S/C25H21ClFN3O2/c1-32-23-11-9-22(10-12-23)30-24(17-4-2-6-19(27)14-17)16-21(29-30)8-13-25(31)28-20-7-3-5-18(26)15-20/h2-7,9-12,14-16H,8,13H2,1H3,(H,28,31). The Hall–Kier alpha value is -3.64. The number of carbonyl (C=O) groups excluding carboxylic acids is 1. The van der Waals surface area contributed by atoms with E-state index in [4.69, 9.17) is 16.3 Å². The van der Waals surface area contributed by atoms with Crippen LogP contribution in [0.5, 0.6) is 5.75 Å². The Bertz CT molecular complexity index is 1240. The molecule has 7 heteroatoms. The molecule has 0 aliphatic rings. The minimum absolute atomic E-state index is 0.140. The van der Waals surface area contributed by atoms with Gasteiger partial charge < -0.3 is 10.1 Å². The van der Waals surface area contributed by atoms with Crippen molar-refractivity contribution in [3.8, 4) is 22.7 Å². The predicted molar refractivity (Wildman–Crippen MR) is 124 cm³/mol. The van der Waals surface area contributed by atoms with Crippen molar-refractivity contribution in [1.82, 2.24) is 9.78 Å². The van der Waals surface area contributed by atoms with E-state index in [-0.39, 0.29) is 18.1 Å². The van der Waals surface area contributed by atoms with Gasteiger partial charge in [0.1, 0.15) is 11.6 Å². The second kappa shape index (κ2) is 9.66. The summed E-state index contributed by atoms with van der Waals surface area (Å²) in [6.07, 6.45) is 0.673. The van der Waals surface area contributed by atoms with Crippen LogP contribution in [0, 0.1) is 5.82 Å². The lowest BCUT2D eigenvalue weighted by molar-refractivity contribution is -0.116. The number of rotatable bonds is 7. The maximum Gasteiger partial charge on any atom is 0.224 e. The van der Waals surface area contributed by atoms with Gasteiger partial charge in [-0.2, -0.15) is 5.10 Å². The third-order valence-electron chi connectivity index (χ3n) is 4.91. The largest absolute Gasteiger partial charge is 0.497 e. The zero-order valence-corrected chi connectivity index (χ0v) is 18.1. The molecule has 1 N–H and O–H groups in total. The Morgan fingerprint density at radius 3 is 2.56 bits per heavy atom. The molecule has 162 valence electrons. The summed E-state index contributed by atoms with van der Waals surface area (Å²) < 4.78 is 20.9. The number of methoxy groups -OCH3 is 1. The second-order valence-corrected chi connectivity index (χ2v) is 7.64. The fraction of sp³-hybridized carbons (Fsp3) is 0.120. The van der Waals surface area contributed by atoms with Crippen molar-refractivity contribution < 1.29 is 13.9 Å². The molecule has 0 fully saturated rings. The van der Waals surface area contributed by atoms with Crippen LogP contribution in [0.15, 0.2) is 78.9 Å². The molecule has 0 saturated carbocycles. The number of carbonyl (C=O) groups is 1. The third kappa shape index (κ3) is 5.15. The van der Waals surface area contributed by atoms with Crippen LogP contribution in [0.2, 0.25) is 5.02 Å². The van der Waals surface area contributed by atoms with E-state index in [9.17, 15) is 9.18 Å². The molecule has 0 spiro atoms. The van der Waals surface area contributed by atoms with Crippen LogP contribution in [0.1, 0.15) is 12.1 Å². The van der Waals surface area contributed by atoms with Crippen LogP contribution in [-0.4, -0.2) is 22.8 Å². The maximum absolute atomic E-state index is 13.9. The first-order valence-electron chi connectivity index (χ1n) is 10.1. The first kappa shape index (κ1) is 21.6. The monoisotopic (exact) mass is 449 g/mol. The van der Waals surface area contributed by atoms with E-state index in [0.29, 0.717) is 22.7 Å². The Labute approximate surface area is 190 Å². The number of nitrogens with zero attached hydrogens (tertiary/aromatic N) is 2. The minimum Gasteiger partial charge on any atom is -0.497 e. The zero-order chi connectivity index (χ0) is 22.5. The molecule has 0 atom stereocenters. The molecule has 5 nitrogen and oxygen atoms in total. The third-order valence-corrected chi connectivity index (χ3v) is 5.15. The van der Waals surface area contributed by atoms with E-state index >= 15 is 0 Å². The molecule has 4 aromatic rings. The molecular formula is C25H21ClFN3O2. The van der Waals surface area contributed by atoms with Gasteiger partial charge in [0.25, 0.3) is 0 Å². The van der Waals surface area contributed by atoms with Gasteiger partial charge in [-0.25, -0.2) is 9.07 Å². The highest BCUT2D eigenvalue weighted by atomic mass is 35.5. The predicted octanol–water partition coefficient (Wildman–Crippen LogP) is 5.91. The topological polar surface area (TPSA) is 56.2 Å². The van der Waals surface area contributed by atoms with Crippen molar-refractivity contribution in [3.05, 3.63) is 95.4 Å². The number of nitrogens with one attached hydrogen (secondary N) is 1. The van der Waals surface area contributed by atoms with Crippen molar-refractivity contribution in [2.45, 2.75) is 12.8 Å². The number of aromatic nitrogens is 2. The summed E-state index contributed by atoms with van der Waals surface area (Å²) in [6.45, 7) is 0. The lowest BCUT2D eigenvalue weighted by atomic mass is 10.1. The fourth-order valence-corrected chi connectivity index (χ4v) is 3.55. The first-order chi connectivity index (χ1) is 15.5. The van der Waals surface area contributed by atoms with Crippen LogP contribution >= 0.6 is 11.6 Å². The number of hydrogen-bond acceptors (Lipinski definition) is 3. The fourth-order valence-electron chi connectivity index (χ4n) is 3.36. The van der Waals surface area contributed by atoms with E-state index in [1.807, 2.05) is 36.4 Å². The number of halogens is 2. The molecule has 0 aliphatic carbocycles. The summed E-state index contributed by atoms with van der Waals surface area (Å²) in [5, 5.41) is 8.08. The number of anilines is 1. The lowest BCUT2D eigenvalue weighted by Crippen LogP contribution is -2.12. The molecule has 1 heterocycles. The summed E-state index contributed by atoms with van der Waals surface area (Å²) in [6, 6.07) is 22.7. The lowest BCUT2D eigenvalue weighted by Gasteiger charge is -2.08. The second-order valence-electron chi connectivity index (χ2n) is 7.20. The molecule has 3 aromatic carbocycles. The first-order valence-corrected chi connectivity index (χ1v) is 10.4. The Kier molecular flexibility index (Phi) is 6.52. The number of hydrogen-bond donors (Lipinski definition) is 1. The van der Waals surface area contributed by atoms with Crippen LogP contribution in [-0.2, 0) is 11.2 Å². The molecule has 1 aromatic heterocycles. The van der Waals surface area contributed by atoms with E-state index in [1.54, 1.807) is 42.1 Å². The molecule has 0 aliphatic heterocycles. The normalized spacial score (nSPS) is 10.7. The summed E-state index contributed by atoms with van der Waals surface area (Å²) in [7, 11) is 1.60. The molecule has 0 bridgehead atoms. The Morgan fingerprint density at radius 1 is 1.06 bits per heavy atom. The van der Waals surface area contributed by atoms with E-state index in [1.165, 1.54) is 12.1 Å². The number of benzene rings is 3. The molecule has 1 amide bonds. The highest BCUT2D eigenvalue weighted by molar-refractivity contribution is 6.30. The van der Waals surface area contributed by atoms with Gasteiger partial charge in [0.15, 0.2) is 0 Å². The summed E-state index contributed by atoms with van der Waals surface area (Å²) >= 11 is 5.97. The number of amides is 1. The van der Waals surface area contributed by atoms with Crippen LogP contribution in [0.3, 0.4) is 0 Å². The summed E-state index contributed by atoms with van der Waals surface area (Å²) in [5.41, 5.74) is 3.61. The van der Waals surface area contributed by atoms with E-state index in [2.05, 4.69) is 10.4 Å². The van der Waals surface area contributed by atoms with Crippen LogP contribution < -0.4 is 10.1 Å². The molecule has 32 heavy (non-hydrogen) atoms. The van der Waals surface area contributed by atoms with Crippen molar-refractivity contribution in [3.63, 3.8) is 0 Å². The van der Waals surface area contributed by atoms with Crippen molar-refractivity contribution in [1.29, 1.82) is 0 Å². The summed E-state index contributed by atoms with van der Waals surface area (Å²) in [4.78, 5) is 12.4. The van der Waals surface area contributed by atoms with Gasteiger partial charge >= 0.3 is 0 Å². The smallest absolute Gasteiger partial charge is 0.224 e. The average Bonchev–Trinajstić information content (AvgIpc) is 3.22. The zero-order valence-electron chi connectivity index (χ0n) is 17.4. The van der Waals surface area contributed by atoms with Gasteiger partial charge in [-0.15, -0.1) is 0 Å². The Balaban J connectivity index is 1.57. The SMILES string of the molecule is COc1ccc(-n2nc(CCC(=O)Nc3cccc(Cl)c3)cc2-c2cccc(F)c2)cc1. The number of ether oxygens (including phenoxy) is 1. The van der Waals surface area contributed by atoms with Crippen molar-refractivity contribution in [2.75, 3.05) is 12.4 Å². The minimum atomic E-state index is -0.326. The van der Waals surface area contributed by atoms with Gasteiger partial charge in [0, 0.05) is 29.1 Å².